The molecule has 0 saturated carbocycles. The largest absolute Gasteiger partial charge is 0.504 e. The van der Waals surface area contributed by atoms with Crippen molar-refractivity contribution in [2.45, 2.75) is 39.9 Å². The maximum atomic E-state index is 13.8. The number of nitrogens with zero attached hydrogens (tertiary/aromatic N) is 1. The standard InChI is InChI=1S/C34H33NO8/c1-17(2)41-28-13-19-10-11-35-32(21(19)14-26(28)39-6)30(20-8-9-24(38-5)23(36)12-20)31-22-15-27(40-7)29(42-18(3)4)16-25(22)43-34(37)33(31)35/h8-18,36H,1-7H3. The molecule has 0 bridgehead atoms. The highest BCUT2D eigenvalue weighted by atomic mass is 16.5. The van der Waals surface area contributed by atoms with Crippen molar-refractivity contribution in [3.63, 3.8) is 0 Å². The minimum Gasteiger partial charge on any atom is -0.504 e. The highest BCUT2D eigenvalue weighted by molar-refractivity contribution is 6.22. The Balaban J connectivity index is 1.83. The molecule has 3 aromatic heterocycles. The molecule has 0 unspecified atom stereocenters. The first-order chi connectivity index (χ1) is 20.6. The number of benzene rings is 3. The van der Waals surface area contributed by atoms with Gasteiger partial charge in [-0.3, -0.25) is 0 Å². The molecule has 0 fully saturated rings. The predicted octanol–water partition coefficient (Wildman–Crippen LogP) is 7.32. The number of ether oxygens (including phenoxy) is 5. The van der Waals surface area contributed by atoms with Gasteiger partial charge in [0, 0.05) is 34.0 Å². The van der Waals surface area contributed by atoms with Gasteiger partial charge in [-0.25, -0.2) is 4.79 Å². The van der Waals surface area contributed by atoms with Gasteiger partial charge in [-0.2, -0.15) is 0 Å². The van der Waals surface area contributed by atoms with Gasteiger partial charge in [-0.1, -0.05) is 6.07 Å². The van der Waals surface area contributed by atoms with Crippen molar-refractivity contribution in [1.29, 1.82) is 0 Å². The summed E-state index contributed by atoms with van der Waals surface area (Å²) in [5.74, 6) is 2.43. The van der Waals surface area contributed by atoms with Crippen molar-refractivity contribution in [3.05, 3.63) is 65.1 Å². The zero-order valence-electron chi connectivity index (χ0n) is 25.1. The summed E-state index contributed by atoms with van der Waals surface area (Å²) >= 11 is 0. The van der Waals surface area contributed by atoms with Crippen LogP contribution in [0.2, 0.25) is 0 Å². The number of rotatable bonds is 8. The van der Waals surface area contributed by atoms with Crippen molar-refractivity contribution in [2.24, 2.45) is 0 Å². The van der Waals surface area contributed by atoms with Crippen molar-refractivity contribution in [1.82, 2.24) is 4.40 Å². The molecule has 3 heterocycles. The zero-order chi connectivity index (χ0) is 30.6. The van der Waals surface area contributed by atoms with Gasteiger partial charge in [0.15, 0.2) is 34.5 Å². The van der Waals surface area contributed by atoms with Gasteiger partial charge < -0.3 is 37.6 Å². The van der Waals surface area contributed by atoms with Crippen molar-refractivity contribution in [2.75, 3.05) is 21.3 Å². The van der Waals surface area contributed by atoms with Gasteiger partial charge in [0.05, 0.1) is 39.1 Å². The van der Waals surface area contributed by atoms with Crippen LogP contribution >= 0.6 is 0 Å². The molecule has 0 radical (unpaired) electrons. The Morgan fingerprint density at radius 3 is 1.95 bits per heavy atom. The average molecular weight is 584 g/mol. The van der Waals surface area contributed by atoms with Crippen LogP contribution in [0.4, 0.5) is 0 Å². The third-order valence-corrected chi connectivity index (χ3v) is 7.32. The summed E-state index contributed by atoms with van der Waals surface area (Å²) in [4.78, 5) is 13.8. The zero-order valence-corrected chi connectivity index (χ0v) is 25.1. The molecule has 0 atom stereocenters. The second-order valence-corrected chi connectivity index (χ2v) is 10.8. The molecule has 0 aliphatic rings. The van der Waals surface area contributed by atoms with Crippen LogP contribution in [0.25, 0.3) is 49.3 Å². The molecular formula is C34H33NO8. The number of phenols is 1. The highest BCUT2D eigenvalue weighted by Crippen LogP contribution is 2.46. The lowest BCUT2D eigenvalue weighted by Gasteiger charge is -2.15. The SMILES string of the molecule is COc1ccc(-c2c3c4cc(OC)c(OC(C)C)cc4oc(=O)c3n3ccc4cc(OC(C)C)c(OC)cc4c23)cc1O. The van der Waals surface area contributed by atoms with E-state index in [1.807, 2.05) is 68.6 Å². The fourth-order valence-electron chi connectivity index (χ4n) is 5.65. The summed E-state index contributed by atoms with van der Waals surface area (Å²) in [6.07, 6.45) is 1.66. The first kappa shape index (κ1) is 28.1. The third kappa shape index (κ3) is 4.61. The number of hydrogen-bond donors (Lipinski definition) is 1. The van der Waals surface area contributed by atoms with E-state index in [0.29, 0.717) is 56.2 Å². The van der Waals surface area contributed by atoms with Crippen molar-refractivity contribution >= 4 is 38.2 Å². The summed E-state index contributed by atoms with van der Waals surface area (Å²) in [7, 11) is 4.66. The van der Waals surface area contributed by atoms with E-state index < -0.39 is 5.63 Å². The minimum absolute atomic E-state index is 0.0320. The summed E-state index contributed by atoms with van der Waals surface area (Å²) in [5.41, 5.74) is 2.29. The van der Waals surface area contributed by atoms with Crippen molar-refractivity contribution in [3.8, 4) is 45.6 Å². The molecule has 9 nitrogen and oxygen atoms in total. The molecule has 6 aromatic rings. The molecule has 0 amide bonds. The number of aromatic nitrogens is 1. The first-order valence-electron chi connectivity index (χ1n) is 14.0. The maximum Gasteiger partial charge on any atom is 0.361 e. The molecule has 3 aromatic carbocycles. The van der Waals surface area contributed by atoms with Crippen LogP contribution in [-0.2, 0) is 0 Å². The molecule has 0 aliphatic heterocycles. The molecule has 0 aliphatic carbocycles. The molecule has 0 spiro atoms. The lowest BCUT2D eigenvalue weighted by molar-refractivity contribution is 0.230. The van der Waals surface area contributed by atoms with E-state index in [4.69, 9.17) is 28.1 Å². The third-order valence-electron chi connectivity index (χ3n) is 7.32. The van der Waals surface area contributed by atoms with Gasteiger partial charge in [0.1, 0.15) is 11.1 Å². The Kier molecular flexibility index (Phi) is 6.96. The molecular weight excluding hydrogens is 550 g/mol. The highest BCUT2D eigenvalue weighted by Gasteiger charge is 2.25. The topological polar surface area (TPSA) is 101 Å². The van der Waals surface area contributed by atoms with Gasteiger partial charge >= 0.3 is 5.63 Å². The molecule has 43 heavy (non-hydrogen) atoms. The van der Waals surface area contributed by atoms with Crippen LogP contribution < -0.4 is 29.3 Å². The molecule has 1 N–H and O–H groups in total. The van der Waals surface area contributed by atoms with Gasteiger partial charge in [-0.05, 0) is 75.0 Å². The van der Waals surface area contributed by atoms with Crippen LogP contribution in [-0.4, -0.2) is 43.0 Å². The Morgan fingerprint density at radius 1 is 0.721 bits per heavy atom. The normalized spacial score (nSPS) is 11.7. The summed E-state index contributed by atoms with van der Waals surface area (Å²) in [6.45, 7) is 7.73. The Labute approximate surface area is 247 Å². The smallest absolute Gasteiger partial charge is 0.361 e. The van der Waals surface area contributed by atoms with Gasteiger partial charge in [0.2, 0.25) is 0 Å². The number of phenolic OH excluding ortho intramolecular Hbond substituents is 1. The van der Waals surface area contributed by atoms with Crippen molar-refractivity contribution < 1.29 is 33.2 Å². The van der Waals surface area contributed by atoms with Crippen LogP contribution in [0.3, 0.4) is 0 Å². The quantitative estimate of drug-likeness (QED) is 0.186. The molecule has 0 saturated heterocycles. The van der Waals surface area contributed by atoms with E-state index in [9.17, 15) is 9.90 Å². The van der Waals surface area contributed by atoms with Gasteiger partial charge in [-0.15, -0.1) is 0 Å². The first-order valence-corrected chi connectivity index (χ1v) is 14.0. The van der Waals surface area contributed by atoms with E-state index in [1.165, 1.54) is 7.11 Å². The van der Waals surface area contributed by atoms with Crippen LogP contribution in [0.1, 0.15) is 27.7 Å². The van der Waals surface area contributed by atoms with E-state index in [-0.39, 0.29) is 18.0 Å². The molecule has 6 rings (SSSR count). The molecule has 222 valence electrons. The number of fused-ring (bicyclic) bond motifs is 7. The number of pyridine rings is 1. The second-order valence-electron chi connectivity index (χ2n) is 10.8. The van der Waals surface area contributed by atoms with Crippen LogP contribution in [0.5, 0.6) is 34.5 Å². The lowest BCUT2D eigenvalue weighted by Crippen LogP contribution is -2.07. The van der Waals surface area contributed by atoms with Crippen LogP contribution in [0.15, 0.2) is 63.9 Å². The van der Waals surface area contributed by atoms with Gasteiger partial charge in [0.25, 0.3) is 0 Å². The maximum absolute atomic E-state index is 13.8. The lowest BCUT2D eigenvalue weighted by atomic mass is 9.98. The molecule has 9 heteroatoms. The summed E-state index contributed by atoms with van der Waals surface area (Å²) in [6, 6.07) is 14.5. The number of aromatic hydroxyl groups is 1. The summed E-state index contributed by atoms with van der Waals surface area (Å²) < 4.78 is 36.5. The fourth-order valence-corrected chi connectivity index (χ4v) is 5.65. The Morgan fingerprint density at radius 2 is 1.35 bits per heavy atom. The number of hydrogen-bond acceptors (Lipinski definition) is 8. The Bertz CT molecular complexity index is 2090. The number of methoxy groups -OCH3 is 3. The average Bonchev–Trinajstić information content (AvgIpc) is 3.32. The second kappa shape index (κ2) is 10.7. The fraction of sp³-hybridized carbons (Fsp3) is 0.265. The van der Waals surface area contributed by atoms with E-state index in [0.717, 1.165) is 21.9 Å². The van der Waals surface area contributed by atoms with E-state index in [2.05, 4.69) is 0 Å². The summed E-state index contributed by atoms with van der Waals surface area (Å²) in [5, 5.41) is 13.8. The van der Waals surface area contributed by atoms with Crippen LogP contribution in [0, 0.1) is 0 Å². The van der Waals surface area contributed by atoms with E-state index in [1.54, 1.807) is 32.4 Å². The van der Waals surface area contributed by atoms with E-state index >= 15 is 0 Å². The minimum atomic E-state index is -0.520. The Hall–Kier alpha value is -5.05. The predicted molar refractivity (Wildman–Crippen MR) is 167 cm³/mol. The monoisotopic (exact) mass is 583 g/mol.